The molecule has 2 heterocycles. The molecule has 0 unspecified atom stereocenters. The summed E-state index contributed by atoms with van der Waals surface area (Å²) < 4.78 is 2.79. The molecule has 0 atom stereocenters. The van der Waals surface area contributed by atoms with E-state index in [2.05, 4.69) is 9.97 Å². The highest BCUT2D eigenvalue weighted by molar-refractivity contribution is 5.79. The van der Waals surface area contributed by atoms with Crippen LogP contribution in [-0.4, -0.2) is 25.4 Å². The van der Waals surface area contributed by atoms with Crippen molar-refractivity contribution < 1.29 is 4.79 Å². The summed E-state index contributed by atoms with van der Waals surface area (Å²) in [6.45, 7) is 0. The second-order valence-corrected chi connectivity index (χ2v) is 2.98. The van der Waals surface area contributed by atoms with Crippen LogP contribution >= 0.6 is 0 Å². The Hall–Kier alpha value is -1.98. The van der Waals surface area contributed by atoms with E-state index in [4.69, 9.17) is 0 Å². The van der Waals surface area contributed by atoms with Crippen molar-refractivity contribution in [2.75, 3.05) is 0 Å². The molecule has 0 saturated heterocycles. The van der Waals surface area contributed by atoms with Gasteiger partial charge in [0, 0.05) is 14.1 Å². The Balaban J connectivity index is 3.01. The predicted molar refractivity (Wildman–Crippen MR) is 49.1 cm³/mol. The van der Waals surface area contributed by atoms with Crippen molar-refractivity contribution in [2.45, 2.75) is 0 Å². The van der Waals surface area contributed by atoms with Crippen LogP contribution in [0.3, 0.4) is 0 Å². The van der Waals surface area contributed by atoms with Gasteiger partial charge >= 0.3 is 0 Å². The third kappa shape index (κ3) is 0.968. The van der Waals surface area contributed by atoms with Gasteiger partial charge in [-0.3, -0.25) is 9.59 Å². The fourth-order valence-corrected chi connectivity index (χ4v) is 1.30. The minimum absolute atomic E-state index is 0.204. The molecule has 2 aromatic heterocycles. The molecule has 0 bridgehead atoms. The predicted octanol–water partition coefficient (Wildman–Crippen LogP) is -0.520. The van der Waals surface area contributed by atoms with Gasteiger partial charge in [0.05, 0.1) is 6.33 Å². The third-order valence-corrected chi connectivity index (χ3v) is 2.09. The standard InChI is InChI=1S/C8H8N4O2/c1-11-4-9-7-6(8(11)14)12(2)5(3-13)10-7/h3-4H,1-2H3. The van der Waals surface area contributed by atoms with Gasteiger partial charge in [-0.25, -0.2) is 9.97 Å². The van der Waals surface area contributed by atoms with Crippen LogP contribution < -0.4 is 5.56 Å². The van der Waals surface area contributed by atoms with Gasteiger partial charge in [0.25, 0.3) is 5.56 Å². The fourth-order valence-electron chi connectivity index (χ4n) is 1.30. The number of rotatable bonds is 1. The highest BCUT2D eigenvalue weighted by atomic mass is 16.1. The number of fused-ring (bicyclic) bond motifs is 1. The first-order chi connectivity index (χ1) is 6.65. The van der Waals surface area contributed by atoms with Crippen LogP contribution in [0.25, 0.3) is 11.2 Å². The molecule has 0 aromatic carbocycles. The summed E-state index contributed by atoms with van der Waals surface area (Å²) in [6.07, 6.45) is 1.98. The molecule has 14 heavy (non-hydrogen) atoms. The van der Waals surface area contributed by atoms with E-state index in [9.17, 15) is 9.59 Å². The monoisotopic (exact) mass is 192 g/mol. The summed E-state index contributed by atoms with van der Waals surface area (Å²) >= 11 is 0. The minimum Gasteiger partial charge on any atom is -0.319 e. The zero-order valence-corrected chi connectivity index (χ0v) is 7.76. The van der Waals surface area contributed by atoms with Gasteiger partial charge < -0.3 is 9.13 Å². The highest BCUT2D eigenvalue weighted by Crippen LogP contribution is 2.05. The van der Waals surface area contributed by atoms with Crippen molar-refractivity contribution in [3.63, 3.8) is 0 Å². The fraction of sp³-hybridized carbons (Fsp3) is 0.250. The van der Waals surface area contributed by atoms with Crippen molar-refractivity contribution in [3.8, 4) is 0 Å². The SMILES string of the molecule is Cn1cnc2nc(C=O)n(C)c2c1=O. The van der Waals surface area contributed by atoms with Crippen molar-refractivity contribution in [1.29, 1.82) is 0 Å². The number of aldehydes is 1. The van der Waals surface area contributed by atoms with Crippen LogP contribution in [0, 0.1) is 0 Å². The lowest BCUT2D eigenvalue weighted by molar-refractivity contribution is 0.111. The van der Waals surface area contributed by atoms with Crippen LogP contribution in [-0.2, 0) is 14.1 Å². The Morgan fingerprint density at radius 3 is 2.79 bits per heavy atom. The number of aryl methyl sites for hydroxylation is 2. The molecule has 2 aromatic rings. The molecule has 6 nitrogen and oxygen atoms in total. The number of carbonyl (C=O) groups excluding carboxylic acids is 1. The summed E-state index contributed by atoms with van der Waals surface area (Å²) in [5.74, 6) is 0.204. The van der Waals surface area contributed by atoms with Crippen LogP contribution in [0.5, 0.6) is 0 Å². The highest BCUT2D eigenvalue weighted by Gasteiger charge is 2.11. The maximum Gasteiger partial charge on any atom is 0.279 e. The molecular weight excluding hydrogens is 184 g/mol. The Morgan fingerprint density at radius 1 is 1.43 bits per heavy atom. The summed E-state index contributed by atoms with van der Waals surface area (Å²) in [7, 11) is 3.21. The van der Waals surface area contributed by atoms with Crippen LogP contribution in [0.2, 0.25) is 0 Å². The molecule has 0 aliphatic rings. The lowest BCUT2D eigenvalue weighted by Crippen LogP contribution is -2.18. The number of hydrogen-bond acceptors (Lipinski definition) is 4. The quantitative estimate of drug-likeness (QED) is 0.570. The largest absolute Gasteiger partial charge is 0.319 e. The molecule has 0 fully saturated rings. The number of aromatic nitrogens is 4. The molecule has 72 valence electrons. The number of imidazole rings is 1. The van der Waals surface area contributed by atoms with E-state index in [1.54, 1.807) is 14.1 Å². The lowest BCUT2D eigenvalue weighted by Gasteiger charge is -1.96. The van der Waals surface area contributed by atoms with Gasteiger partial charge in [0.1, 0.15) is 0 Å². The zero-order chi connectivity index (χ0) is 10.3. The van der Waals surface area contributed by atoms with Crippen LogP contribution in [0.15, 0.2) is 11.1 Å². The van der Waals surface area contributed by atoms with E-state index in [0.717, 1.165) is 0 Å². The molecule has 0 aliphatic carbocycles. The van der Waals surface area contributed by atoms with Gasteiger partial charge in [-0.1, -0.05) is 0 Å². The molecule has 2 rings (SSSR count). The summed E-state index contributed by atoms with van der Waals surface area (Å²) in [5, 5.41) is 0. The Morgan fingerprint density at radius 2 is 2.14 bits per heavy atom. The van der Waals surface area contributed by atoms with E-state index in [0.29, 0.717) is 17.5 Å². The first-order valence-electron chi connectivity index (χ1n) is 3.98. The van der Waals surface area contributed by atoms with Gasteiger partial charge in [-0.05, 0) is 0 Å². The molecule has 6 heteroatoms. The normalized spacial score (nSPS) is 10.7. The van der Waals surface area contributed by atoms with E-state index < -0.39 is 0 Å². The van der Waals surface area contributed by atoms with Gasteiger partial charge in [-0.2, -0.15) is 0 Å². The second-order valence-electron chi connectivity index (χ2n) is 2.98. The van der Waals surface area contributed by atoms with E-state index >= 15 is 0 Å². The number of nitrogens with zero attached hydrogens (tertiary/aromatic N) is 4. The van der Waals surface area contributed by atoms with Crippen molar-refractivity contribution in [1.82, 2.24) is 19.1 Å². The van der Waals surface area contributed by atoms with E-state index in [-0.39, 0.29) is 11.4 Å². The number of hydrogen-bond donors (Lipinski definition) is 0. The average molecular weight is 192 g/mol. The third-order valence-electron chi connectivity index (χ3n) is 2.09. The van der Waals surface area contributed by atoms with Crippen LogP contribution in [0.4, 0.5) is 0 Å². The number of carbonyl (C=O) groups is 1. The van der Waals surface area contributed by atoms with Gasteiger partial charge in [-0.15, -0.1) is 0 Å². The Kier molecular flexibility index (Phi) is 1.70. The zero-order valence-electron chi connectivity index (χ0n) is 7.76. The van der Waals surface area contributed by atoms with E-state index in [1.165, 1.54) is 15.5 Å². The molecule has 0 radical (unpaired) electrons. The molecular formula is C8H8N4O2. The minimum atomic E-state index is -0.210. The molecule has 0 spiro atoms. The average Bonchev–Trinajstić information content (AvgIpc) is 2.50. The van der Waals surface area contributed by atoms with Gasteiger partial charge in [0.15, 0.2) is 23.3 Å². The summed E-state index contributed by atoms with van der Waals surface area (Å²) in [4.78, 5) is 30.0. The Labute approximate surface area is 78.8 Å². The second kappa shape index (κ2) is 2.76. The first kappa shape index (κ1) is 8.61. The maximum absolute atomic E-state index is 11.6. The lowest BCUT2D eigenvalue weighted by atomic mass is 10.5. The van der Waals surface area contributed by atoms with Crippen molar-refractivity contribution >= 4 is 17.5 Å². The maximum atomic E-state index is 11.6. The first-order valence-corrected chi connectivity index (χ1v) is 3.98. The van der Waals surface area contributed by atoms with Crippen molar-refractivity contribution in [2.24, 2.45) is 14.1 Å². The topological polar surface area (TPSA) is 69.8 Å². The summed E-state index contributed by atoms with van der Waals surface area (Å²) in [5.41, 5.74) is 0.438. The molecule has 0 amide bonds. The molecule has 0 N–H and O–H groups in total. The van der Waals surface area contributed by atoms with Gasteiger partial charge in [0.2, 0.25) is 0 Å². The van der Waals surface area contributed by atoms with Crippen molar-refractivity contribution in [3.05, 3.63) is 22.5 Å². The molecule has 0 aliphatic heterocycles. The van der Waals surface area contributed by atoms with E-state index in [1.807, 2.05) is 0 Å². The summed E-state index contributed by atoms with van der Waals surface area (Å²) in [6, 6.07) is 0. The molecule has 0 saturated carbocycles. The van der Waals surface area contributed by atoms with Crippen LogP contribution in [0.1, 0.15) is 10.6 Å². The smallest absolute Gasteiger partial charge is 0.279 e. The Bertz CT molecular complexity index is 566.